The van der Waals surface area contributed by atoms with Gasteiger partial charge in [0.25, 0.3) is 0 Å². The van der Waals surface area contributed by atoms with Crippen LogP contribution >= 0.6 is 0 Å². The van der Waals surface area contributed by atoms with Gasteiger partial charge in [0.2, 0.25) is 0 Å². The number of carbonyl (C=O) groups excluding carboxylic acids is 1. The number of rotatable bonds is 4. The van der Waals surface area contributed by atoms with Crippen molar-refractivity contribution in [3.05, 3.63) is 23.8 Å². The van der Waals surface area contributed by atoms with Crippen LogP contribution in [0, 0.1) is 5.92 Å². The topological polar surface area (TPSA) is 35.5 Å². The van der Waals surface area contributed by atoms with Crippen molar-refractivity contribution in [2.24, 2.45) is 5.92 Å². The maximum Gasteiger partial charge on any atom is 0.172 e. The summed E-state index contributed by atoms with van der Waals surface area (Å²) in [5.41, 5.74) is 0.683. The second kappa shape index (κ2) is 4.40. The standard InChI is InChI=1S/C14H16O3/c15-12(7-6-10-4-5-10)11-2-1-3-13-14(11)17-9-8-16-13/h1-3,10H,4-9H2. The lowest BCUT2D eigenvalue weighted by Crippen LogP contribution is -2.17. The predicted octanol–water partition coefficient (Wildman–Crippen LogP) is 2.83. The summed E-state index contributed by atoms with van der Waals surface area (Å²) >= 11 is 0. The smallest absolute Gasteiger partial charge is 0.172 e. The van der Waals surface area contributed by atoms with E-state index in [9.17, 15) is 4.79 Å². The van der Waals surface area contributed by atoms with Crippen LogP contribution in [0.25, 0.3) is 0 Å². The zero-order chi connectivity index (χ0) is 11.7. The maximum absolute atomic E-state index is 12.1. The van der Waals surface area contributed by atoms with Crippen molar-refractivity contribution in [1.82, 2.24) is 0 Å². The van der Waals surface area contributed by atoms with E-state index in [-0.39, 0.29) is 5.78 Å². The molecule has 3 nitrogen and oxygen atoms in total. The first-order chi connectivity index (χ1) is 8.34. The molecular weight excluding hydrogens is 216 g/mol. The van der Waals surface area contributed by atoms with E-state index in [1.54, 1.807) is 0 Å². The van der Waals surface area contributed by atoms with Crippen LogP contribution in [0.2, 0.25) is 0 Å². The van der Waals surface area contributed by atoms with Crippen LogP contribution < -0.4 is 9.47 Å². The Morgan fingerprint density at radius 3 is 2.88 bits per heavy atom. The van der Waals surface area contributed by atoms with Gasteiger partial charge < -0.3 is 9.47 Å². The number of hydrogen-bond acceptors (Lipinski definition) is 3. The number of fused-ring (bicyclic) bond motifs is 1. The van der Waals surface area contributed by atoms with Gasteiger partial charge in [-0.25, -0.2) is 0 Å². The summed E-state index contributed by atoms with van der Waals surface area (Å²) in [5.74, 6) is 2.31. The van der Waals surface area contributed by atoms with Crippen molar-refractivity contribution >= 4 is 5.78 Å². The molecule has 0 saturated heterocycles. The molecule has 1 aromatic rings. The van der Waals surface area contributed by atoms with E-state index in [0.717, 1.165) is 12.3 Å². The van der Waals surface area contributed by atoms with Gasteiger partial charge in [0, 0.05) is 6.42 Å². The Bertz CT molecular complexity index is 435. The molecule has 0 atom stereocenters. The average molecular weight is 232 g/mol. The van der Waals surface area contributed by atoms with Gasteiger partial charge in [-0.2, -0.15) is 0 Å². The summed E-state index contributed by atoms with van der Waals surface area (Å²) in [6.45, 7) is 1.09. The first kappa shape index (κ1) is 10.6. The van der Waals surface area contributed by atoms with Crippen molar-refractivity contribution in [3.8, 4) is 11.5 Å². The van der Waals surface area contributed by atoms with Gasteiger partial charge in [0.15, 0.2) is 17.3 Å². The normalized spacial score (nSPS) is 17.9. The summed E-state index contributed by atoms with van der Waals surface area (Å²) in [5, 5.41) is 0. The van der Waals surface area contributed by atoms with Crippen molar-refractivity contribution < 1.29 is 14.3 Å². The Labute approximate surface area is 101 Å². The highest BCUT2D eigenvalue weighted by atomic mass is 16.6. The van der Waals surface area contributed by atoms with Crippen LogP contribution in [0.4, 0.5) is 0 Å². The molecule has 1 aromatic carbocycles. The molecule has 0 N–H and O–H groups in total. The molecule has 1 aliphatic carbocycles. The molecule has 0 bridgehead atoms. The summed E-state index contributed by atoms with van der Waals surface area (Å²) in [6, 6.07) is 5.55. The zero-order valence-corrected chi connectivity index (χ0v) is 9.78. The maximum atomic E-state index is 12.1. The van der Waals surface area contributed by atoms with Gasteiger partial charge in [0.05, 0.1) is 5.56 Å². The molecule has 0 radical (unpaired) electrons. The lowest BCUT2D eigenvalue weighted by Gasteiger charge is -2.20. The van der Waals surface area contributed by atoms with E-state index < -0.39 is 0 Å². The third-order valence-electron chi connectivity index (χ3n) is 3.34. The molecule has 2 aliphatic rings. The van der Waals surface area contributed by atoms with Crippen LogP contribution in [-0.4, -0.2) is 19.0 Å². The Kier molecular flexibility index (Phi) is 2.75. The molecule has 3 rings (SSSR count). The fourth-order valence-corrected chi connectivity index (χ4v) is 2.17. The predicted molar refractivity (Wildman–Crippen MR) is 63.7 cm³/mol. The number of ether oxygens (including phenoxy) is 2. The van der Waals surface area contributed by atoms with Gasteiger partial charge in [-0.1, -0.05) is 18.9 Å². The van der Waals surface area contributed by atoms with E-state index in [0.29, 0.717) is 36.7 Å². The molecule has 3 heteroatoms. The van der Waals surface area contributed by atoms with Gasteiger partial charge in [-0.3, -0.25) is 4.79 Å². The monoisotopic (exact) mass is 232 g/mol. The number of carbonyl (C=O) groups is 1. The van der Waals surface area contributed by atoms with E-state index in [4.69, 9.17) is 9.47 Å². The summed E-state index contributed by atoms with van der Waals surface area (Å²) in [6.07, 6.45) is 4.23. The van der Waals surface area contributed by atoms with Crippen LogP contribution in [0.15, 0.2) is 18.2 Å². The minimum absolute atomic E-state index is 0.180. The molecule has 1 heterocycles. The number of Topliss-reactive ketones (excluding diaryl/α,β-unsaturated/α-hetero) is 1. The van der Waals surface area contributed by atoms with Crippen LogP contribution in [0.5, 0.6) is 11.5 Å². The van der Waals surface area contributed by atoms with Crippen molar-refractivity contribution in [2.45, 2.75) is 25.7 Å². The molecule has 17 heavy (non-hydrogen) atoms. The van der Waals surface area contributed by atoms with Crippen LogP contribution in [-0.2, 0) is 0 Å². The second-order valence-corrected chi connectivity index (χ2v) is 4.73. The summed E-state index contributed by atoms with van der Waals surface area (Å²) < 4.78 is 11.0. The summed E-state index contributed by atoms with van der Waals surface area (Å²) in [7, 11) is 0. The highest BCUT2D eigenvalue weighted by molar-refractivity contribution is 5.99. The molecule has 0 amide bonds. The fraction of sp³-hybridized carbons (Fsp3) is 0.500. The van der Waals surface area contributed by atoms with Crippen LogP contribution in [0.3, 0.4) is 0 Å². The van der Waals surface area contributed by atoms with E-state index >= 15 is 0 Å². The lowest BCUT2D eigenvalue weighted by atomic mass is 10.0. The first-order valence-electron chi connectivity index (χ1n) is 6.26. The van der Waals surface area contributed by atoms with Crippen molar-refractivity contribution in [1.29, 1.82) is 0 Å². The molecule has 1 aliphatic heterocycles. The minimum atomic E-state index is 0.180. The zero-order valence-electron chi connectivity index (χ0n) is 9.78. The molecular formula is C14H16O3. The largest absolute Gasteiger partial charge is 0.486 e. The van der Waals surface area contributed by atoms with Gasteiger partial charge in [-0.15, -0.1) is 0 Å². The number of para-hydroxylation sites is 1. The molecule has 0 aromatic heterocycles. The highest BCUT2D eigenvalue weighted by Crippen LogP contribution is 2.37. The van der Waals surface area contributed by atoms with E-state index in [2.05, 4.69) is 0 Å². The summed E-state index contributed by atoms with van der Waals surface area (Å²) in [4.78, 5) is 12.1. The van der Waals surface area contributed by atoms with E-state index in [1.165, 1.54) is 12.8 Å². The van der Waals surface area contributed by atoms with Gasteiger partial charge in [-0.05, 0) is 24.5 Å². The molecule has 0 spiro atoms. The minimum Gasteiger partial charge on any atom is -0.486 e. The van der Waals surface area contributed by atoms with Gasteiger partial charge >= 0.3 is 0 Å². The van der Waals surface area contributed by atoms with Gasteiger partial charge in [0.1, 0.15) is 13.2 Å². The van der Waals surface area contributed by atoms with Crippen molar-refractivity contribution in [2.75, 3.05) is 13.2 Å². The Hall–Kier alpha value is -1.51. The molecule has 0 unspecified atom stereocenters. The molecule has 1 saturated carbocycles. The van der Waals surface area contributed by atoms with Crippen LogP contribution in [0.1, 0.15) is 36.0 Å². The average Bonchev–Trinajstić information content (AvgIpc) is 3.19. The fourth-order valence-electron chi connectivity index (χ4n) is 2.17. The highest BCUT2D eigenvalue weighted by Gasteiger charge is 2.24. The third-order valence-corrected chi connectivity index (χ3v) is 3.34. The van der Waals surface area contributed by atoms with Crippen molar-refractivity contribution in [3.63, 3.8) is 0 Å². The molecule has 90 valence electrons. The SMILES string of the molecule is O=C(CCC1CC1)c1cccc2c1OCCO2. The third kappa shape index (κ3) is 2.28. The number of benzene rings is 1. The quantitative estimate of drug-likeness (QED) is 0.749. The first-order valence-corrected chi connectivity index (χ1v) is 6.26. The Morgan fingerprint density at radius 1 is 1.24 bits per heavy atom. The number of hydrogen-bond donors (Lipinski definition) is 0. The second-order valence-electron chi connectivity index (χ2n) is 4.73. The van der Waals surface area contributed by atoms with E-state index in [1.807, 2.05) is 18.2 Å². The Balaban J connectivity index is 1.78. The number of ketones is 1. The Morgan fingerprint density at radius 2 is 2.06 bits per heavy atom. The molecule has 1 fully saturated rings. The lowest BCUT2D eigenvalue weighted by molar-refractivity contribution is 0.0967.